The van der Waals surface area contributed by atoms with Crippen molar-refractivity contribution < 1.29 is 4.79 Å². The standard InChI is InChI=1S/C5H4Cl2O/c6-4-5(7)2-1-3-8/h1-4H/b2-1-,5-4-. The molecular weight excluding hydrogens is 147 g/mol. The van der Waals surface area contributed by atoms with E-state index in [0.29, 0.717) is 11.3 Å². The summed E-state index contributed by atoms with van der Waals surface area (Å²) in [4.78, 5) is 9.61. The molecular formula is C5H4Cl2O. The number of allylic oxidation sites excluding steroid dienone is 3. The lowest BCUT2D eigenvalue weighted by Gasteiger charge is -1.76. The Morgan fingerprint density at radius 3 is 2.50 bits per heavy atom. The third kappa shape index (κ3) is 3.90. The molecule has 0 rings (SSSR count). The molecule has 0 aliphatic carbocycles. The summed E-state index contributed by atoms with van der Waals surface area (Å²) in [7, 11) is 0. The fraction of sp³-hybridized carbons (Fsp3) is 0. The van der Waals surface area contributed by atoms with Gasteiger partial charge in [-0.3, -0.25) is 4.79 Å². The third-order valence-corrected chi connectivity index (χ3v) is 1.02. The molecule has 0 aromatic rings. The van der Waals surface area contributed by atoms with Crippen molar-refractivity contribution >= 4 is 29.5 Å². The van der Waals surface area contributed by atoms with E-state index < -0.39 is 0 Å². The maximum Gasteiger partial charge on any atom is 0.142 e. The first-order chi connectivity index (χ1) is 3.81. The predicted molar refractivity (Wildman–Crippen MR) is 35.0 cm³/mol. The number of halogens is 2. The van der Waals surface area contributed by atoms with Gasteiger partial charge in [0, 0.05) is 5.54 Å². The number of carbonyl (C=O) groups is 1. The molecule has 0 heterocycles. The van der Waals surface area contributed by atoms with E-state index in [0.717, 1.165) is 0 Å². The maximum atomic E-state index is 9.61. The molecule has 3 heteroatoms. The highest BCUT2D eigenvalue weighted by molar-refractivity contribution is 6.37. The van der Waals surface area contributed by atoms with E-state index in [1.165, 1.54) is 17.7 Å². The second-order valence-corrected chi connectivity index (χ2v) is 1.64. The van der Waals surface area contributed by atoms with Gasteiger partial charge in [0.25, 0.3) is 0 Å². The highest BCUT2D eigenvalue weighted by atomic mass is 35.5. The number of hydrogen-bond donors (Lipinski definition) is 0. The van der Waals surface area contributed by atoms with Gasteiger partial charge < -0.3 is 0 Å². The van der Waals surface area contributed by atoms with Crippen molar-refractivity contribution in [1.29, 1.82) is 0 Å². The summed E-state index contributed by atoms with van der Waals surface area (Å²) >= 11 is 10.5. The second-order valence-electron chi connectivity index (χ2n) is 0.989. The summed E-state index contributed by atoms with van der Waals surface area (Å²) < 4.78 is 0. The summed E-state index contributed by atoms with van der Waals surface area (Å²) in [6.07, 6.45) is 3.30. The minimum Gasteiger partial charge on any atom is -0.299 e. The van der Waals surface area contributed by atoms with Crippen LogP contribution in [-0.2, 0) is 4.79 Å². The van der Waals surface area contributed by atoms with Crippen LogP contribution in [0.15, 0.2) is 22.7 Å². The molecule has 44 valence electrons. The van der Waals surface area contributed by atoms with Gasteiger partial charge in [-0.1, -0.05) is 23.2 Å². The van der Waals surface area contributed by atoms with Gasteiger partial charge in [-0.25, -0.2) is 0 Å². The molecule has 0 amide bonds. The first-order valence-electron chi connectivity index (χ1n) is 1.89. The van der Waals surface area contributed by atoms with E-state index in [4.69, 9.17) is 23.2 Å². The Morgan fingerprint density at radius 2 is 2.12 bits per heavy atom. The average molecular weight is 151 g/mol. The molecule has 0 spiro atoms. The van der Waals surface area contributed by atoms with Crippen molar-refractivity contribution in [3.05, 3.63) is 22.7 Å². The first-order valence-corrected chi connectivity index (χ1v) is 2.70. The Hall–Kier alpha value is -0.270. The molecule has 8 heavy (non-hydrogen) atoms. The minimum atomic E-state index is 0.346. The lowest BCUT2D eigenvalue weighted by Crippen LogP contribution is -1.60. The molecule has 0 aromatic heterocycles. The normalized spacial score (nSPS) is 12.5. The fourth-order valence-corrected chi connectivity index (χ4v) is 0.313. The van der Waals surface area contributed by atoms with E-state index in [-0.39, 0.29) is 0 Å². The summed E-state index contributed by atoms with van der Waals surface area (Å²) in [5, 5.41) is 0.346. The van der Waals surface area contributed by atoms with Gasteiger partial charge in [0.05, 0.1) is 5.03 Å². The zero-order chi connectivity index (χ0) is 6.41. The number of aldehydes is 1. The monoisotopic (exact) mass is 150 g/mol. The van der Waals surface area contributed by atoms with Crippen LogP contribution in [0.5, 0.6) is 0 Å². The van der Waals surface area contributed by atoms with Gasteiger partial charge >= 0.3 is 0 Å². The molecule has 0 radical (unpaired) electrons. The molecule has 0 atom stereocenters. The molecule has 0 saturated carbocycles. The molecule has 0 aliphatic heterocycles. The quantitative estimate of drug-likeness (QED) is 0.335. The largest absolute Gasteiger partial charge is 0.299 e. The Balaban J connectivity index is 3.69. The topological polar surface area (TPSA) is 17.1 Å². The molecule has 0 bridgehead atoms. The van der Waals surface area contributed by atoms with Crippen molar-refractivity contribution in [2.45, 2.75) is 0 Å². The van der Waals surface area contributed by atoms with E-state index in [9.17, 15) is 4.79 Å². The van der Waals surface area contributed by atoms with Crippen molar-refractivity contribution in [3.63, 3.8) is 0 Å². The summed E-state index contributed by atoms with van der Waals surface area (Å²) in [6, 6.07) is 0. The van der Waals surface area contributed by atoms with Crippen LogP contribution in [0.3, 0.4) is 0 Å². The highest BCUT2D eigenvalue weighted by Crippen LogP contribution is 2.02. The van der Waals surface area contributed by atoms with Crippen LogP contribution in [0.1, 0.15) is 0 Å². The van der Waals surface area contributed by atoms with Crippen LogP contribution in [0.4, 0.5) is 0 Å². The number of rotatable bonds is 2. The van der Waals surface area contributed by atoms with Gasteiger partial charge in [0.2, 0.25) is 0 Å². The van der Waals surface area contributed by atoms with Gasteiger partial charge in [-0.15, -0.1) is 0 Å². The van der Waals surface area contributed by atoms with Crippen molar-refractivity contribution in [1.82, 2.24) is 0 Å². The van der Waals surface area contributed by atoms with Crippen LogP contribution in [0.2, 0.25) is 0 Å². The summed E-state index contributed by atoms with van der Waals surface area (Å²) in [5.74, 6) is 0. The van der Waals surface area contributed by atoms with Crippen LogP contribution >= 0.6 is 23.2 Å². The van der Waals surface area contributed by atoms with Gasteiger partial charge in [-0.2, -0.15) is 0 Å². The zero-order valence-electron chi connectivity index (χ0n) is 3.97. The molecule has 0 saturated heterocycles. The molecule has 0 aromatic carbocycles. The van der Waals surface area contributed by atoms with Crippen LogP contribution < -0.4 is 0 Å². The van der Waals surface area contributed by atoms with Crippen LogP contribution in [0.25, 0.3) is 0 Å². The Morgan fingerprint density at radius 1 is 1.50 bits per heavy atom. The lowest BCUT2D eigenvalue weighted by atomic mass is 10.5. The van der Waals surface area contributed by atoms with Gasteiger partial charge in [0.1, 0.15) is 6.29 Å². The van der Waals surface area contributed by atoms with E-state index in [1.807, 2.05) is 0 Å². The zero-order valence-corrected chi connectivity index (χ0v) is 5.49. The average Bonchev–Trinajstić information content (AvgIpc) is 1.83. The Kier molecular flexibility index (Phi) is 4.71. The van der Waals surface area contributed by atoms with E-state index in [2.05, 4.69) is 0 Å². The third-order valence-electron chi connectivity index (χ3n) is 0.438. The molecule has 0 aliphatic rings. The van der Waals surface area contributed by atoms with Gasteiger partial charge in [0.15, 0.2) is 0 Å². The summed E-state index contributed by atoms with van der Waals surface area (Å²) in [6.45, 7) is 0. The van der Waals surface area contributed by atoms with E-state index in [1.54, 1.807) is 0 Å². The van der Waals surface area contributed by atoms with E-state index >= 15 is 0 Å². The SMILES string of the molecule is O=C/C=C\C(Cl)=C\Cl. The molecule has 0 fully saturated rings. The van der Waals surface area contributed by atoms with Crippen LogP contribution in [0, 0.1) is 0 Å². The first kappa shape index (κ1) is 7.73. The molecule has 1 nitrogen and oxygen atoms in total. The number of hydrogen-bond acceptors (Lipinski definition) is 1. The lowest BCUT2D eigenvalue weighted by molar-refractivity contribution is -0.104. The number of carbonyl (C=O) groups excluding carboxylic acids is 1. The molecule has 0 unspecified atom stereocenters. The predicted octanol–water partition coefficient (Wildman–Crippen LogP) is 2.06. The van der Waals surface area contributed by atoms with Crippen molar-refractivity contribution in [2.24, 2.45) is 0 Å². The highest BCUT2D eigenvalue weighted by Gasteiger charge is 1.77. The maximum absolute atomic E-state index is 9.61. The Labute approximate surface area is 57.6 Å². The smallest absolute Gasteiger partial charge is 0.142 e. The summed E-state index contributed by atoms with van der Waals surface area (Å²) in [5.41, 5.74) is 1.18. The molecule has 0 N–H and O–H groups in total. The Bertz CT molecular complexity index is 126. The fourth-order valence-electron chi connectivity index (χ4n) is 0.168. The minimum absolute atomic E-state index is 0.346. The van der Waals surface area contributed by atoms with Gasteiger partial charge in [-0.05, 0) is 12.2 Å². The van der Waals surface area contributed by atoms with Crippen LogP contribution in [-0.4, -0.2) is 6.29 Å². The second kappa shape index (κ2) is 4.88. The van der Waals surface area contributed by atoms with Crippen molar-refractivity contribution in [3.8, 4) is 0 Å². The van der Waals surface area contributed by atoms with Crippen molar-refractivity contribution in [2.75, 3.05) is 0 Å².